The molecule has 132 valence electrons. The van der Waals surface area contributed by atoms with Gasteiger partial charge >= 0.3 is 5.97 Å². The lowest BCUT2D eigenvalue weighted by Crippen LogP contribution is -2.23. The zero-order valence-electron chi connectivity index (χ0n) is 13.8. The number of amides is 1. The summed E-state index contributed by atoms with van der Waals surface area (Å²) in [7, 11) is 1.33. The van der Waals surface area contributed by atoms with Crippen LogP contribution in [0.15, 0.2) is 54.7 Å². The highest BCUT2D eigenvalue weighted by atomic mass is 35.5. The van der Waals surface area contributed by atoms with Crippen LogP contribution in [0, 0.1) is 0 Å². The Morgan fingerprint density at radius 2 is 1.88 bits per heavy atom. The second kappa shape index (κ2) is 7.79. The van der Waals surface area contributed by atoms with Gasteiger partial charge in [0, 0.05) is 6.54 Å². The maximum Gasteiger partial charge on any atom is 0.337 e. The summed E-state index contributed by atoms with van der Waals surface area (Å²) in [6, 6.07) is 13.9. The molecule has 3 rings (SSSR count). The molecule has 0 bridgehead atoms. The SMILES string of the molecule is COC(=O)c1ccc(CNC(=O)c2cn(-c3ccccc3Cl)nn2)cc1. The van der Waals surface area contributed by atoms with Gasteiger partial charge in [0.05, 0.1) is 29.6 Å². The molecule has 0 radical (unpaired) electrons. The zero-order chi connectivity index (χ0) is 18.5. The van der Waals surface area contributed by atoms with Gasteiger partial charge in [-0.25, -0.2) is 9.48 Å². The second-order valence-corrected chi connectivity index (χ2v) is 5.78. The first-order chi connectivity index (χ1) is 12.6. The van der Waals surface area contributed by atoms with Gasteiger partial charge in [-0.1, -0.05) is 41.1 Å². The Labute approximate surface area is 154 Å². The third-order valence-electron chi connectivity index (χ3n) is 3.65. The van der Waals surface area contributed by atoms with Gasteiger partial charge in [-0.05, 0) is 29.8 Å². The minimum Gasteiger partial charge on any atom is -0.465 e. The standard InChI is InChI=1S/C18H15ClN4O3/c1-26-18(25)13-8-6-12(7-9-13)10-20-17(24)15-11-23(22-21-15)16-5-3-2-4-14(16)19/h2-9,11H,10H2,1H3,(H,20,24). The van der Waals surface area contributed by atoms with Gasteiger partial charge in [-0.2, -0.15) is 0 Å². The summed E-state index contributed by atoms with van der Waals surface area (Å²) in [5.74, 6) is -0.767. The number of aromatic nitrogens is 3. The molecule has 1 amide bonds. The first-order valence-electron chi connectivity index (χ1n) is 7.71. The molecular formula is C18H15ClN4O3. The first-order valence-corrected chi connectivity index (χ1v) is 8.09. The number of nitrogens with zero attached hydrogens (tertiary/aromatic N) is 3. The average molecular weight is 371 g/mol. The van der Waals surface area contributed by atoms with Crippen molar-refractivity contribution in [1.82, 2.24) is 20.3 Å². The lowest BCUT2D eigenvalue weighted by Gasteiger charge is -2.04. The molecule has 26 heavy (non-hydrogen) atoms. The summed E-state index contributed by atoms with van der Waals surface area (Å²) >= 11 is 6.11. The molecule has 1 aromatic heterocycles. The van der Waals surface area contributed by atoms with Crippen molar-refractivity contribution >= 4 is 23.5 Å². The van der Waals surface area contributed by atoms with E-state index in [1.165, 1.54) is 18.0 Å². The number of halogens is 1. The van der Waals surface area contributed by atoms with Crippen LogP contribution in [0.25, 0.3) is 5.69 Å². The monoisotopic (exact) mass is 370 g/mol. The Morgan fingerprint density at radius 3 is 2.58 bits per heavy atom. The normalized spacial score (nSPS) is 10.4. The van der Waals surface area contributed by atoms with Crippen LogP contribution in [-0.2, 0) is 11.3 Å². The highest BCUT2D eigenvalue weighted by molar-refractivity contribution is 6.32. The van der Waals surface area contributed by atoms with E-state index in [9.17, 15) is 9.59 Å². The number of ether oxygens (including phenoxy) is 1. The van der Waals surface area contributed by atoms with E-state index in [1.807, 2.05) is 12.1 Å². The molecule has 0 saturated heterocycles. The van der Waals surface area contributed by atoms with Crippen molar-refractivity contribution in [2.75, 3.05) is 7.11 Å². The average Bonchev–Trinajstić information content (AvgIpc) is 3.16. The van der Waals surface area contributed by atoms with Crippen molar-refractivity contribution in [2.24, 2.45) is 0 Å². The van der Waals surface area contributed by atoms with Crippen LogP contribution in [0.4, 0.5) is 0 Å². The molecule has 0 fully saturated rings. The molecule has 3 aromatic rings. The summed E-state index contributed by atoms with van der Waals surface area (Å²) in [5, 5.41) is 11.1. The second-order valence-electron chi connectivity index (χ2n) is 5.37. The maximum absolute atomic E-state index is 12.2. The predicted octanol–water partition coefficient (Wildman–Crippen LogP) is 2.64. The number of para-hydroxylation sites is 1. The van der Waals surface area contributed by atoms with E-state index in [0.717, 1.165) is 5.56 Å². The van der Waals surface area contributed by atoms with Crippen LogP contribution in [0.3, 0.4) is 0 Å². The molecule has 1 N–H and O–H groups in total. The highest BCUT2D eigenvalue weighted by Crippen LogP contribution is 2.18. The molecule has 0 atom stereocenters. The highest BCUT2D eigenvalue weighted by Gasteiger charge is 2.13. The van der Waals surface area contributed by atoms with E-state index in [-0.39, 0.29) is 11.6 Å². The summed E-state index contributed by atoms with van der Waals surface area (Å²) in [6.45, 7) is 0.291. The molecule has 1 heterocycles. The van der Waals surface area contributed by atoms with Gasteiger partial charge in [-0.3, -0.25) is 4.79 Å². The van der Waals surface area contributed by atoms with Crippen LogP contribution in [0.1, 0.15) is 26.4 Å². The van der Waals surface area contributed by atoms with Gasteiger partial charge in [0.1, 0.15) is 0 Å². The first kappa shape index (κ1) is 17.6. The van der Waals surface area contributed by atoms with Crippen molar-refractivity contribution in [2.45, 2.75) is 6.54 Å². The zero-order valence-corrected chi connectivity index (χ0v) is 14.6. The predicted molar refractivity (Wildman–Crippen MR) is 95.3 cm³/mol. The van der Waals surface area contributed by atoms with Crippen molar-refractivity contribution < 1.29 is 14.3 Å². The lowest BCUT2D eigenvalue weighted by molar-refractivity contribution is 0.0600. The minimum absolute atomic E-state index is 0.177. The third-order valence-corrected chi connectivity index (χ3v) is 3.97. The number of hydrogen-bond acceptors (Lipinski definition) is 5. The molecule has 0 unspecified atom stereocenters. The third kappa shape index (κ3) is 3.89. The molecule has 8 heteroatoms. The number of carbonyl (C=O) groups excluding carboxylic acids is 2. The fourth-order valence-electron chi connectivity index (χ4n) is 2.27. The van der Waals surface area contributed by atoms with Crippen LogP contribution >= 0.6 is 11.6 Å². The smallest absolute Gasteiger partial charge is 0.337 e. The number of carbonyl (C=O) groups is 2. The van der Waals surface area contributed by atoms with Gasteiger partial charge in [0.2, 0.25) is 0 Å². The summed E-state index contributed by atoms with van der Waals surface area (Å²) in [5.41, 5.74) is 2.10. The Hall–Kier alpha value is -3.19. The van der Waals surface area contributed by atoms with Crippen molar-refractivity contribution in [1.29, 1.82) is 0 Å². The number of benzene rings is 2. The number of hydrogen-bond donors (Lipinski definition) is 1. The van der Waals surface area contributed by atoms with Crippen LogP contribution in [0.2, 0.25) is 5.02 Å². The number of rotatable bonds is 5. The quantitative estimate of drug-likeness (QED) is 0.698. The number of esters is 1. The summed E-state index contributed by atoms with van der Waals surface area (Å²) in [4.78, 5) is 23.6. The fourth-order valence-corrected chi connectivity index (χ4v) is 2.49. The van der Waals surface area contributed by atoms with E-state index < -0.39 is 5.97 Å². The molecule has 0 aliphatic carbocycles. The van der Waals surface area contributed by atoms with E-state index in [1.54, 1.807) is 36.4 Å². The molecule has 0 aliphatic heterocycles. The van der Waals surface area contributed by atoms with Gasteiger partial charge < -0.3 is 10.1 Å². The van der Waals surface area contributed by atoms with Gasteiger partial charge in [0.15, 0.2) is 5.69 Å². The van der Waals surface area contributed by atoms with Crippen molar-refractivity contribution in [3.63, 3.8) is 0 Å². The Morgan fingerprint density at radius 1 is 1.15 bits per heavy atom. The van der Waals surface area contributed by atoms with Crippen molar-refractivity contribution in [3.05, 3.63) is 76.6 Å². The van der Waals surface area contributed by atoms with Crippen molar-refractivity contribution in [3.8, 4) is 5.69 Å². The summed E-state index contributed by atoms with van der Waals surface area (Å²) in [6.07, 6.45) is 1.51. The van der Waals surface area contributed by atoms with E-state index in [4.69, 9.17) is 11.6 Å². The Balaban J connectivity index is 1.64. The molecule has 0 spiro atoms. The van der Waals surface area contributed by atoms with E-state index in [0.29, 0.717) is 22.8 Å². The number of methoxy groups -OCH3 is 1. The molecule has 0 aliphatic rings. The minimum atomic E-state index is -0.406. The fraction of sp³-hybridized carbons (Fsp3) is 0.111. The molecule has 7 nitrogen and oxygen atoms in total. The topological polar surface area (TPSA) is 86.1 Å². The van der Waals surface area contributed by atoms with Crippen LogP contribution in [-0.4, -0.2) is 34.0 Å². The largest absolute Gasteiger partial charge is 0.465 e. The number of nitrogens with one attached hydrogen (secondary N) is 1. The molecular weight excluding hydrogens is 356 g/mol. The van der Waals surface area contributed by atoms with Gasteiger partial charge in [-0.15, -0.1) is 5.10 Å². The maximum atomic E-state index is 12.2. The van der Waals surface area contributed by atoms with E-state index >= 15 is 0 Å². The van der Waals surface area contributed by atoms with E-state index in [2.05, 4.69) is 20.4 Å². The van der Waals surface area contributed by atoms with Crippen LogP contribution < -0.4 is 5.32 Å². The Kier molecular flexibility index (Phi) is 5.28. The molecule has 2 aromatic carbocycles. The summed E-state index contributed by atoms with van der Waals surface area (Å²) < 4.78 is 6.09. The molecule has 0 saturated carbocycles. The lowest BCUT2D eigenvalue weighted by atomic mass is 10.1. The van der Waals surface area contributed by atoms with Crippen LogP contribution in [0.5, 0.6) is 0 Å². The van der Waals surface area contributed by atoms with Gasteiger partial charge in [0.25, 0.3) is 5.91 Å². The Bertz CT molecular complexity index is 938.